The molecule has 0 aliphatic carbocycles. The highest BCUT2D eigenvalue weighted by Crippen LogP contribution is 2.26. The van der Waals surface area contributed by atoms with Crippen LogP contribution in [0.2, 0.25) is 0 Å². The van der Waals surface area contributed by atoms with Crippen molar-refractivity contribution in [3.63, 3.8) is 0 Å². The van der Waals surface area contributed by atoms with Crippen LogP contribution in [0.3, 0.4) is 0 Å². The van der Waals surface area contributed by atoms with E-state index < -0.39 is 11.5 Å². The molecular formula is C24H27N3O3. The number of amides is 1. The van der Waals surface area contributed by atoms with Gasteiger partial charge < -0.3 is 14.6 Å². The van der Waals surface area contributed by atoms with Crippen molar-refractivity contribution in [3.8, 4) is 0 Å². The highest BCUT2D eigenvalue weighted by molar-refractivity contribution is 5.96. The fraction of sp³-hybridized carbons (Fsp3) is 0.333. The molecule has 0 bridgehead atoms. The van der Waals surface area contributed by atoms with Crippen molar-refractivity contribution >= 4 is 22.6 Å². The highest BCUT2D eigenvalue weighted by atomic mass is 16.4. The lowest BCUT2D eigenvalue weighted by Gasteiger charge is -2.28. The van der Waals surface area contributed by atoms with Gasteiger partial charge >= 0.3 is 5.63 Å². The summed E-state index contributed by atoms with van der Waals surface area (Å²) in [7, 11) is 4.03. The first kappa shape index (κ1) is 20.2. The normalized spacial score (nSPS) is 15.3. The van der Waals surface area contributed by atoms with Crippen LogP contribution in [0, 0.1) is 0 Å². The second-order valence-electron chi connectivity index (χ2n) is 7.94. The van der Waals surface area contributed by atoms with Gasteiger partial charge in [0.2, 0.25) is 0 Å². The van der Waals surface area contributed by atoms with Crippen LogP contribution in [0.5, 0.6) is 0 Å². The van der Waals surface area contributed by atoms with Gasteiger partial charge in [-0.1, -0.05) is 30.3 Å². The Morgan fingerprint density at radius 1 is 1.10 bits per heavy atom. The van der Waals surface area contributed by atoms with Crippen molar-refractivity contribution in [2.24, 2.45) is 0 Å². The zero-order chi connectivity index (χ0) is 21.1. The second-order valence-corrected chi connectivity index (χ2v) is 7.94. The standard InChI is InChI=1S/C24H27N3O3/c1-26(2)19-11-9-17(10-12-19)21(27-13-5-6-14-27)16-25-23(28)20-15-18-7-3-4-8-22(18)30-24(20)29/h3-4,7-12,15,21H,5-6,13-14,16H2,1-2H3,(H,25,28). The number of hydrogen-bond donors (Lipinski definition) is 1. The number of likely N-dealkylation sites (tertiary alicyclic amines) is 1. The summed E-state index contributed by atoms with van der Waals surface area (Å²) in [6.45, 7) is 2.45. The molecule has 1 N–H and O–H groups in total. The first-order chi connectivity index (χ1) is 14.5. The van der Waals surface area contributed by atoms with E-state index in [-0.39, 0.29) is 11.6 Å². The quantitative estimate of drug-likeness (QED) is 0.637. The van der Waals surface area contributed by atoms with Crippen molar-refractivity contribution in [1.29, 1.82) is 0 Å². The summed E-state index contributed by atoms with van der Waals surface area (Å²) in [4.78, 5) is 29.6. The third-order valence-corrected chi connectivity index (χ3v) is 5.72. The molecule has 0 saturated carbocycles. The fourth-order valence-corrected chi connectivity index (χ4v) is 4.01. The fourth-order valence-electron chi connectivity index (χ4n) is 4.01. The van der Waals surface area contributed by atoms with Crippen LogP contribution in [0.4, 0.5) is 5.69 Å². The minimum Gasteiger partial charge on any atom is -0.422 e. The molecule has 2 aromatic carbocycles. The Kier molecular flexibility index (Phi) is 5.86. The first-order valence-electron chi connectivity index (χ1n) is 10.4. The number of hydrogen-bond acceptors (Lipinski definition) is 5. The molecule has 2 heterocycles. The van der Waals surface area contributed by atoms with Crippen LogP contribution in [0.1, 0.15) is 34.8 Å². The summed E-state index contributed by atoms with van der Waals surface area (Å²) in [6, 6.07) is 17.3. The number of rotatable bonds is 6. The summed E-state index contributed by atoms with van der Waals surface area (Å²) in [5, 5.41) is 3.70. The Bertz CT molecular complexity index is 1080. The van der Waals surface area contributed by atoms with Crippen LogP contribution in [-0.2, 0) is 0 Å². The zero-order valence-corrected chi connectivity index (χ0v) is 17.4. The molecular weight excluding hydrogens is 378 g/mol. The minimum absolute atomic E-state index is 0.0387. The molecule has 6 nitrogen and oxygen atoms in total. The number of anilines is 1. The van der Waals surface area contributed by atoms with Gasteiger partial charge in [-0.3, -0.25) is 9.69 Å². The van der Waals surface area contributed by atoms with Crippen molar-refractivity contribution in [1.82, 2.24) is 10.2 Å². The number of para-hydroxylation sites is 1. The summed E-state index contributed by atoms with van der Waals surface area (Å²) in [6.07, 6.45) is 2.32. The van der Waals surface area contributed by atoms with Crippen LogP contribution >= 0.6 is 0 Å². The molecule has 1 aromatic heterocycles. The number of benzene rings is 2. The lowest BCUT2D eigenvalue weighted by atomic mass is 10.0. The predicted molar refractivity (Wildman–Crippen MR) is 119 cm³/mol. The maximum Gasteiger partial charge on any atom is 0.349 e. The number of nitrogens with zero attached hydrogens (tertiary/aromatic N) is 2. The molecule has 156 valence electrons. The summed E-state index contributed by atoms with van der Waals surface area (Å²) in [5.41, 5.74) is 2.20. The molecule has 0 radical (unpaired) electrons. The Labute approximate surface area is 176 Å². The molecule has 4 rings (SSSR count). The molecule has 3 aromatic rings. The monoisotopic (exact) mass is 405 g/mol. The van der Waals surface area contributed by atoms with Crippen molar-refractivity contribution < 1.29 is 9.21 Å². The van der Waals surface area contributed by atoms with Gasteiger partial charge in [0.15, 0.2) is 0 Å². The lowest BCUT2D eigenvalue weighted by molar-refractivity contribution is 0.0934. The van der Waals surface area contributed by atoms with E-state index in [4.69, 9.17) is 4.42 Å². The topological polar surface area (TPSA) is 65.8 Å². The van der Waals surface area contributed by atoms with Gasteiger partial charge in [0.25, 0.3) is 5.91 Å². The Morgan fingerprint density at radius 2 is 1.80 bits per heavy atom. The minimum atomic E-state index is -0.612. The van der Waals surface area contributed by atoms with Crippen molar-refractivity contribution in [2.45, 2.75) is 18.9 Å². The van der Waals surface area contributed by atoms with Gasteiger partial charge in [-0.15, -0.1) is 0 Å². The average Bonchev–Trinajstić information content (AvgIpc) is 3.28. The van der Waals surface area contributed by atoms with E-state index in [0.717, 1.165) is 42.6 Å². The SMILES string of the molecule is CN(C)c1ccc(C(CNC(=O)c2cc3ccccc3oc2=O)N2CCCC2)cc1. The van der Waals surface area contributed by atoms with Gasteiger partial charge in [-0.25, -0.2) is 4.79 Å². The second kappa shape index (κ2) is 8.71. The van der Waals surface area contributed by atoms with Gasteiger partial charge in [0, 0.05) is 31.7 Å². The molecule has 1 atom stereocenters. The van der Waals surface area contributed by atoms with E-state index >= 15 is 0 Å². The number of nitrogens with one attached hydrogen (secondary N) is 1. The maximum atomic E-state index is 12.8. The van der Waals surface area contributed by atoms with Gasteiger partial charge in [-0.05, 0) is 55.8 Å². The molecule has 0 spiro atoms. The third-order valence-electron chi connectivity index (χ3n) is 5.72. The molecule has 6 heteroatoms. The number of carbonyl (C=O) groups is 1. The number of fused-ring (bicyclic) bond motifs is 1. The lowest BCUT2D eigenvalue weighted by Crippen LogP contribution is -2.38. The van der Waals surface area contributed by atoms with Crippen molar-refractivity contribution in [3.05, 3.63) is 76.1 Å². The van der Waals surface area contributed by atoms with Gasteiger partial charge in [0.1, 0.15) is 11.1 Å². The molecule has 1 unspecified atom stereocenters. The average molecular weight is 405 g/mol. The molecule has 1 aliphatic rings. The summed E-state index contributed by atoms with van der Waals surface area (Å²) < 4.78 is 5.31. The van der Waals surface area contributed by atoms with Crippen LogP contribution < -0.4 is 15.8 Å². The van der Waals surface area contributed by atoms with E-state index in [1.165, 1.54) is 0 Å². The Hall–Kier alpha value is -3.12. The Morgan fingerprint density at radius 3 is 2.50 bits per heavy atom. The molecule has 1 amide bonds. The smallest absolute Gasteiger partial charge is 0.349 e. The van der Waals surface area contributed by atoms with E-state index in [1.54, 1.807) is 18.2 Å². The van der Waals surface area contributed by atoms with Crippen LogP contribution in [-0.4, -0.2) is 44.5 Å². The van der Waals surface area contributed by atoms with E-state index in [9.17, 15) is 9.59 Å². The predicted octanol–water partition coefficient (Wildman–Crippen LogP) is 3.43. The van der Waals surface area contributed by atoms with E-state index in [2.05, 4.69) is 39.4 Å². The van der Waals surface area contributed by atoms with Crippen LogP contribution in [0.15, 0.2) is 63.8 Å². The summed E-state index contributed by atoms with van der Waals surface area (Å²) >= 11 is 0. The molecule has 1 aliphatic heterocycles. The molecule has 1 fully saturated rings. The van der Waals surface area contributed by atoms with E-state index in [0.29, 0.717) is 12.1 Å². The largest absolute Gasteiger partial charge is 0.422 e. The van der Waals surface area contributed by atoms with Crippen molar-refractivity contribution in [2.75, 3.05) is 38.6 Å². The molecule has 30 heavy (non-hydrogen) atoms. The number of carbonyl (C=O) groups excluding carboxylic acids is 1. The maximum absolute atomic E-state index is 12.8. The van der Waals surface area contributed by atoms with Gasteiger partial charge in [0.05, 0.1) is 6.04 Å². The zero-order valence-electron chi connectivity index (χ0n) is 17.4. The summed E-state index contributed by atoms with van der Waals surface area (Å²) in [5.74, 6) is -0.399. The van der Waals surface area contributed by atoms with Crippen LogP contribution in [0.25, 0.3) is 11.0 Å². The van der Waals surface area contributed by atoms with Gasteiger partial charge in [-0.2, -0.15) is 0 Å². The highest BCUT2D eigenvalue weighted by Gasteiger charge is 2.25. The molecule has 1 saturated heterocycles. The Balaban J connectivity index is 1.54. The van der Waals surface area contributed by atoms with E-state index in [1.807, 2.05) is 26.2 Å². The first-order valence-corrected chi connectivity index (χ1v) is 10.4. The third kappa shape index (κ3) is 4.24.